The van der Waals surface area contributed by atoms with Crippen LogP contribution in [0.2, 0.25) is 0 Å². The number of amides is 1. The smallest absolute Gasteiger partial charge is 0.344 e. The second-order valence-electron chi connectivity index (χ2n) is 8.80. The molecular formula is C23H30FN5O4. The Hall–Kier alpha value is -3.27. The maximum absolute atomic E-state index is 14.8. The van der Waals surface area contributed by atoms with Crippen molar-refractivity contribution in [3.8, 4) is 0 Å². The number of anilines is 2. The Morgan fingerprint density at radius 3 is 2.52 bits per heavy atom. The number of rotatable bonds is 8. The third kappa shape index (κ3) is 7.67. The van der Waals surface area contributed by atoms with Crippen LogP contribution in [0.5, 0.6) is 0 Å². The first kappa shape index (κ1) is 24.4. The second-order valence-corrected chi connectivity index (χ2v) is 8.80. The zero-order valence-electron chi connectivity index (χ0n) is 19.1. The van der Waals surface area contributed by atoms with E-state index in [2.05, 4.69) is 25.5 Å². The normalized spacial score (nSPS) is 14.6. The van der Waals surface area contributed by atoms with Gasteiger partial charge in [0.15, 0.2) is 0 Å². The van der Waals surface area contributed by atoms with Gasteiger partial charge in [0, 0.05) is 43.6 Å². The van der Waals surface area contributed by atoms with Crippen LogP contribution in [-0.2, 0) is 14.6 Å². The number of halogens is 1. The Balaban J connectivity index is 1.45. The number of hydrogen-bond acceptors (Lipinski definition) is 8. The summed E-state index contributed by atoms with van der Waals surface area (Å²) in [6.07, 6.45) is 4.94. The highest BCUT2D eigenvalue weighted by Gasteiger charge is 2.22. The van der Waals surface area contributed by atoms with Crippen LogP contribution in [0.1, 0.15) is 50.4 Å². The quantitative estimate of drug-likeness (QED) is 0.458. The number of carbonyl (C=O) groups excluding carboxylic acids is 2. The SMILES string of the molecule is CC(C)(C)OOC(=O)CCNC(=O)c1ccc(N2CCC(Nc3ncccn3)CC2)c(F)c1. The summed E-state index contributed by atoms with van der Waals surface area (Å²) in [5.41, 5.74) is 0.0393. The van der Waals surface area contributed by atoms with Crippen molar-refractivity contribution in [2.24, 2.45) is 0 Å². The predicted octanol–water partition coefficient (Wildman–Crippen LogP) is 3.09. The van der Waals surface area contributed by atoms with Crippen LogP contribution in [0, 0.1) is 5.82 Å². The average molecular weight is 460 g/mol. The van der Waals surface area contributed by atoms with Crippen molar-refractivity contribution >= 4 is 23.5 Å². The fourth-order valence-corrected chi connectivity index (χ4v) is 3.32. The molecule has 1 aromatic carbocycles. The molecule has 1 saturated heterocycles. The number of carbonyl (C=O) groups is 2. The Kier molecular flexibility index (Phi) is 8.16. The molecule has 3 rings (SSSR count). The first-order chi connectivity index (χ1) is 15.7. The number of piperidine rings is 1. The van der Waals surface area contributed by atoms with Crippen molar-refractivity contribution in [2.75, 3.05) is 29.9 Å². The minimum absolute atomic E-state index is 0.0557. The van der Waals surface area contributed by atoms with Gasteiger partial charge in [0.05, 0.1) is 12.1 Å². The molecule has 178 valence electrons. The standard InChI is InChI=1S/C23H30FN5O4/c1-23(2,3)33-32-20(30)7-12-25-21(31)16-5-6-19(18(24)15-16)29-13-8-17(9-14-29)28-22-26-10-4-11-27-22/h4-6,10-11,15,17H,7-9,12-14H2,1-3H3,(H,25,31)(H,26,27,28). The molecule has 2 heterocycles. The lowest BCUT2D eigenvalue weighted by molar-refractivity contribution is -0.320. The molecule has 1 fully saturated rings. The molecule has 2 N–H and O–H groups in total. The van der Waals surface area contributed by atoms with E-state index in [1.807, 2.05) is 4.90 Å². The molecule has 0 bridgehead atoms. The van der Waals surface area contributed by atoms with Crippen molar-refractivity contribution in [3.05, 3.63) is 48.0 Å². The van der Waals surface area contributed by atoms with Crippen LogP contribution in [0.4, 0.5) is 16.0 Å². The molecule has 0 spiro atoms. The molecule has 0 saturated carbocycles. The zero-order chi connectivity index (χ0) is 23.8. The lowest BCUT2D eigenvalue weighted by atomic mass is 10.0. The van der Waals surface area contributed by atoms with Crippen molar-refractivity contribution in [3.63, 3.8) is 0 Å². The van der Waals surface area contributed by atoms with Gasteiger partial charge in [-0.15, -0.1) is 0 Å². The fraction of sp³-hybridized carbons (Fsp3) is 0.478. The maximum atomic E-state index is 14.8. The van der Waals surface area contributed by atoms with E-state index in [0.29, 0.717) is 24.7 Å². The van der Waals surface area contributed by atoms with Crippen LogP contribution < -0.4 is 15.5 Å². The molecule has 2 aromatic rings. The summed E-state index contributed by atoms with van der Waals surface area (Å²) >= 11 is 0. The molecule has 0 unspecified atom stereocenters. The Bertz CT molecular complexity index is 944. The average Bonchev–Trinajstić information content (AvgIpc) is 2.78. The van der Waals surface area contributed by atoms with Gasteiger partial charge in [-0.1, -0.05) is 0 Å². The van der Waals surface area contributed by atoms with E-state index in [1.165, 1.54) is 6.07 Å². The van der Waals surface area contributed by atoms with Gasteiger partial charge in [-0.05, 0) is 57.9 Å². The maximum Gasteiger partial charge on any atom is 0.344 e. The summed E-state index contributed by atoms with van der Waals surface area (Å²) in [5.74, 6) is -0.926. The molecule has 9 nitrogen and oxygen atoms in total. The summed E-state index contributed by atoms with van der Waals surface area (Å²) in [5, 5.41) is 5.88. The minimum atomic E-state index is -0.611. The Morgan fingerprint density at radius 1 is 1.18 bits per heavy atom. The summed E-state index contributed by atoms with van der Waals surface area (Å²) in [4.78, 5) is 43.8. The van der Waals surface area contributed by atoms with E-state index < -0.39 is 23.3 Å². The minimum Gasteiger partial charge on any atom is -0.369 e. The van der Waals surface area contributed by atoms with Crippen molar-refractivity contribution in [1.29, 1.82) is 0 Å². The molecule has 1 amide bonds. The third-order valence-corrected chi connectivity index (χ3v) is 4.94. The fourth-order valence-electron chi connectivity index (χ4n) is 3.32. The van der Waals surface area contributed by atoms with Gasteiger partial charge < -0.3 is 15.5 Å². The number of nitrogens with one attached hydrogen (secondary N) is 2. The topological polar surface area (TPSA) is 106 Å². The monoisotopic (exact) mass is 459 g/mol. The largest absolute Gasteiger partial charge is 0.369 e. The van der Waals surface area contributed by atoms with Gasteiger partial charge in [-0.2, -0.15) is 4.89 Å². The van der Waals surface area contributed by atoms with Gasteiger partial charge in [0.25, 0.3) is 5.91 Å². The molecule has 1 aliphatic heterocycles. The van der Waals surface area contributed by atoms with Crippen LogP contribution in [0.25, 0.3) is 0 Å². The molecular weight excluding hydrogens is 429 g/mol. The summed E-state index contributed by atoms with van der Waals surface area (Å²) in [7, 11) is 0. The van der Waals surface area contributed by atoms with E-state index >= 15 is 0 Å². The summed E-state index contributed by atoms with van der Waals surface area (Å²) < 4.78 is 14.8. The highest BCUT2D eigenvalue weighted by molar-refractivity contribution is 5.94. The van der Waals surface area contributed by atoms with Gasteiger partial charge in [0.1, 0.15) is 11.4 Å². The highest BCUT2D eigenvalue weighted by Crippen LogP contribution is 2.25. The molecule has 0 atom stereocenters. The first-order valence-corrected chi connectivity index (χ1v) is 11.0. The number of benzene rings is 1. The Morgan fingerprint density at radius 2 is 1.88 bits per heavy atom. The number of aromatic nitrogens is 2. The van der Waals surface area contributed by atoms with Crippen LogP contribution in [0.3, 0.4) is 0 Å². The third-order valence-electron chi connectivity index (χ3n) is 4.94. The predicted molar refractivity (Wildman–Crippen MR) is 121 cm³/mol. The van der Waals surface area contributed by atoms with E-state index in [9.17, 15) is 14.0 Å². The van der Waals surface area contributed by atoms with Crippen LogP contribution in [0.15, 0.2) is 36.7 Å². The van der Waals surface area contributed by atoms with Gasteiger partial charge in [-0.25, -0.2) is 19.2 Å². The van der Waals surface area contributed by atoms with Crippen LogP contribution in [-0.4, -0.2) is 53.1 Å². The van der Waals surface area contributed by atoms with Crippen molar-refractivity contribution < 1.29 is 23.8 Å². The van der Waals surface area contributed by atoms with Gasteiger partial charge >= 0.3 is 5.97 Å². The van der Waals surface area contributed by atoms with E-state index in [4.69, 9.17) is 4.89 Å². The summed E-state index contributed by atoms with van der Waals surface area (Å²) in [6.45, 7) is 6.65. The van der Waals surface area contributed by atoms with Crippen molar-refractivity contribution in [1.82, 2.24) is 15.3 Å². The molecule has 33 heavy (non-hydrogen) atoms. The van der Waals surface area contributed by atoms with Gasteiger partial charge in [0.2, 0.25) is 5.95 Å². The molecule has 1 aliphatic rings. The van der Waals surface area contributed by atoms with Crippen LogP contribution >= 0.6 is 0 Å². The van der Waals surface area contributed by atoms with Gasteiger partial charge in [-0.3, -0.25) is 9.68 Å². The number of nitrogens with zero attached hydrogens (tertiary/aromatic N) is 3. The lowest BCUT2D eigenvalue weighted by Gasteiger charge is -2.34. The lowest BCUT2D eigenvalue weighted by Crippen LogP contribution is -2.39. The van der Waals surface area contributed by atoms with E-state index in [0.717, 1.165) is 12.8 Å². The highest BCUT2D eigenvalue weighted by atomic mass is 19.1. The Labute approximate surface area is 192 Å². The molecule has 1 aromatic heterocycles. The van der Waals surface area contributed by atoms with E-state index in [1.54, 1.807) is 51.4 Å². The molecule has 0 radical (unpaired) electrons. The zero-order valence-corrected chi connectivity index (χ0v) is 19.1. The first-order valence-electron chi connectivity index (χ1n) is 11.0. The second kappa shape index (κ2) is 11.0. The molecule has 0 aliphatic carbocycles. The molecule has 10 heteroatoms. The van der Waals surface area contributed by atoms with Crippen molar-refractivity contribution in [2.45, 2.75) is 51.7 Å². The van der Waals surface area contributed by atoms with E-state index in [-0.39, 0.29) is 24.6 Å². The summed E-state index contributed by atoms with van der Waals surface area (Å²) in [6, 6.07) is 6.39. The number of hydrogen-bond donors (Lipinski definition) is 2.